The van der Waals surface area contributed by atoms with Crippen molar-refractivity contribution in [2.24, 2.45) is 0 Å². The molecule has 1 amide bonds. The lowest BCUT2D eigenvalue weighted by Gasteiger charge is -2.03. The highest BCUT2D eigenvalue weighted by atomic mass is 16.4. The van der Waals surface area contributed by atoms with Gasteiger partial charge in [0.05, 0.1) is 0 Å². The minimum Gasteiger partial charge on any atom is -0.481 e. The number of likely N-dealkylation sites (tertiary alicyclic amines) is 1. The second kappa shape index (κ2) is 19.7. The molecule has 0 bridgehead atoms. The fourth-order valence-electron chi connectivity index (χ4n) is 3.43. The lowest BCUT2D eigenvalue weighted by Crippen LogP contribution is -2.17. The summed E-state index contributed by atoms with van der Waals surface area (Å²) in [5, 5.41) is 8.52. The monoisotopic (exact) mass is 383 g/mol. The number of unbranched alkanes of at least 4 members (excludes halogenated alkanes) is 14. The Bertz CT molecular complexity index is 358. The summed E-state index contributed by atoms with van der Waals surface area (Å²) >= 11 is 0. The normalized spacial score (nSPS) is 13.6. The van der Waals surface area contributed by atoms with Crippen LogP contribution in [0.1, 0.15) is 122 Å². The van der Waals surface area contributed by atoms with Crippen LogP contribution in [0, 0.1) is 0 Å². The first-order chi connectivity index (χ1) is 13.1. The summed E-state index contributed by atoms with van der Waals surface area (Å²) in [4.78, 5) is 22.6. The van der Waals surface area contributed by atoms with Crippen molar-refractivity contribution in [3.05, 3.63) is 0 Å². The van der Waals surface area contributed by atoms with E-state index in [2.05, 4.69) is 6.92 Å². The van der Waals surface area contributed by atoms with Gasteiger partial charge in [-0.1, -0.05) is 96.8 Å². The molecule has 1 heterocycles. The van der Waals surface area contributed by atoms with Crippen molar-refractivity contribution in [3.8, 4) is 0 Å². The van der Waals surface area contributed by atoms with Gasteiger partial charge in [-0.2, -0.15) is 0 Å². The zero-order valence-corrected chi connectivity index (χ0v) is 18.1. The molecule has 4 nitrogen and oxygen atoms in total. The van der Waals surface area contributed by atoms with E-state index >= 15 is 0 Å². The SMILES string of the molecule is CCCCCCCCCCCCCCCCCC(=O)O.CN1CCCC1=O. The van der Waals surface area contributed by atoms with Crippen molar-refractivity contribution >= 4 is 11.9 Å². The van der Waals surface area contributed by atoms with Gasteiger partial charge in [-0.3, -0.25) is 9.59 Å². The molecule has 1 rings (SSSR count). The minimum atomic E-state index is -0.653. The summed E-state index contributed by atoms with van der Waals surface area (Å²) in [5.74, 6) is -0.361. The number of carbonyl (C=O) groups is 2. The first kappa shape index (κ1) is 25.9. The van der Waals surface area contributed by atoms with Crippen LogP contribution in [0.4, 0.5) is 0 Å². The lowest BCUT2D eigenvalue weighted by molar-refractivity contribution is -0.137. The van der Waals surface area contributed by atoms with Crippen LogP contribution in [0.3, 0.4) is 0 Å². The van der Waals surface area contributed by atoms with E-state index in [-0.39, 0.29) is 0 Å². The van der Waals surface area contributed by atoms with Crippen molar-refractivity contribution in [1.29, 1.82) is 0 Å². The number of nitrogens with zero attached hydrogens (tertiary/aromatic N) is 1. The van der Waals surface area contributed by atoms with Crippen molar-refractivity contribution in [2.75, 3.05) is 13.6 Å². The molecule has 0 aromatic rings. The zero-order chi connectivity index (χ0) is 20.2. The third kappa shape index (κ3) is 19.5. The van der Waals surface area contributed by atoms with Crippen LogP contribution in [-0.4, -0.2) is 35.5 Å². The largest absolute Gasteiger partial charge is 0.481 e. The Morgan fingerprint density at radius 1 is 0.815 bits per heavy atom. The highest BCUT2D eigenvalue weighted by molar-refractivity contribution is 5.77. The topological polar surface area (TPSA) is 57.6 Å². The molecule has 27 heavy (non-hydrogen) atoms. The smallest absolute Gasteiger partial charge is 0.303 e. The van der Waals surface area contributed by atoms with E-state index in [0.29, 0.717) is 12.3 Å². The van der Waals surface area contributed by atoms with E-state index in [9.17, 15) is 9.59 Å². The van der Waals surface area contributed by atoms with Gasteiger partial charge in [0.1, 0.15) is 0 Å². The number of hydrogen-bond donors (Lipinski definition) is 1. The maximum atomic E-state index is 10.5. The third-order valence-corrected chi connectivity index (χ3v) is 5.30. The van der Waals surface area contributed by atoms with E-state index in [4.69, 9.17) is 5.11 Å². The second-order valence-corrected chi connectivity index (χ2v) is 8.01. The number of carboxylic acids is 1. The molecule has 1 aliphatic rings. The van der Waals surface area contributed by atoms with Crippen molar-refractivity contribution in [1.82, 2.24) is 4.90 Å². The van der Waals surface area contributed by atoms with Crippen LogP contribution < -0.4 is 0 Å². The highest BCUT2D eigenvalue weighted by Crippen LogP contribution is 2.13. The molecule has 1 saturated heterocycles. The highest BCUT2D eigenvalue weighted by Gasteiger charge is 2.14. The van der Waals surface area contributed by atoms with E-state index in [0.717, 1.165) is 32.2 Å². The molecule has 1 N–H and O–H groups in total. The Morgan fingerprint density at radius 2 is 1.22 bits per heavy atom. The van der Waals surface area contributed by atoms with Crippen LogP contribution in [0.25, 0.3) is 0 Å². The average Bonchev–Trinajstić information content (AvgIpc) is 3.01. The Hall–Kier alpha value is -1.06. The molecule has 0 aromatic carbocycles. The van der Waals surface area contributed by atoms with Crippen molar-refractivity contribution in [2.45, 2.75) is 122 Å². The first-order valence-electron chi connectivity index (χ1n) is 11.5. The molecule has 1 aliphatic heterocycles. The Labute approximate surface area is 168 Å². The summed E-state index contributed by atoms with van der Waals surface area (Å²) in [5.41, 5.74) is 0. The molecule has 0 unspecified atom stereocenters. The van der Waals surface area contributed by atoms with Gasteiger partial charge < -0.3 is 10.0 Å². The quantitative estimate of drug-likeness (QED) is 0.307. The fraction of sp³-hybridized carbons (Fsp3) is 0.913. The van der Waals surface area contributed by atoms with Gasteiger partial charge in [-0.05, 0) is 12.8 Å². The summed E-state index contributed by atoms with van der Waals surface area (Å²) in [6.07, 6.45) is 22.0. The van der Waals surface area contributed by atoms with E-state index in [1.807, 2.05) is 7.05 Å². The molecule has 4 heteroatoms. The van der Waals surface area contributed by atoms with Gasteiger partial charge in [0.25, 0.3) is 0 Å². The maximum absolute atomic E-state index is 10.5. The first-order valence-corrected chi connectivity index (χ1v) is 11.5. The zero-order valence-electron chi connectivity index (χ0n) is 18.1. The van der Waals surface area contributed by atoms with Crippen molar-refractivity contribution in [3.63, 3.8) is 0 Å². The summed E-state index contributed by atoms with van der Waals surface area (Å²) in [6.45, 7) is 3.23. The van der Waals surface area contributed by atoms with Crippen LogP contribution in [-0.2, 0) is 9.59 Å². The van der Waals surface area contributed by atoms with Crippen LogP contribution >= 0.6 is 0 Å². The maximum Gasteiger partial charge on any atom is 0.303 e. The number of rotatable bonds is 16. The second-order valence-electron chi connectivity index (χ2n) is 8.01. The summed E-state index contributed by atoms with van der Waals surface area (Å²) in [6, 6.07) is 0. The summed E-state index contributed by atoms with van der Waals surface area (Å²) in [7, 11) is 1.84. The Balaban J connectivity index is 0.000000797. The van der Waals surface area contributed by atoms with Crippen LogP contribution in [0.5, 0.6) is 0 Å². The Morgan fingerprint density at radius 3 is 1.48 bits per heavy atom. The van der Waals surface area contributed by atoms with Gasteiger partial charge in [-0.15, -0.1) is 0 Å². The number of hydrogen-bond acceptors (Lipinski definition) is 2. The van der Waals surface area contributed by atoms with Crippen LogP contribution in [0.2, 0.25) is 0 Å². The van der Waals surface area contributed by atoms with Crippen molar-refractivity contribution < 1.29 is 14.7 Å². The van der Waals surface area contributed by atoms with Gasteiger partial charge >= 0.3 is 5.97 Å². The standard InChI is InChI=1S/C18H36O2.C5H9NO/c1-2-3-4-5-6-7-8-9-10-11-12-13-14-15-16-17-18(19)20;1-6-4-2-3-5(6)7/h2-17H2,1H3,(H,19,20);2-4H2,1H3. The lowest BCUT2D eigenvalue weighted by atomic mass is 10.0. The molecule has 0 saturated carbocycles. The Kier molecular flexibility index (Phi) is 18.9. The number of carbonyl (C=O) groups excluding carboxylic acids is 1. The minimum absolute atomic E-state index is 0.292. The van der Waals surface area contributed by atoms with E-state index in [1.165, 1.54) is 83.5 Å². The fourth-order valence-corrected chi connectivity index (χ4v) is 3.43. The molecular formula is C23H45NO3. The van der Waals surface area contributed by atoms with Gasteiger partial charge in [-0.25, -0.2) is 0 Å². The molecular weight excluding hydrogens is 338 g/mol. The van der Waals surface area contributed by atoms with Gasteiger partial charge in [0.2, 0.25) is 5.91 Å². The number of carboxylic acid groups (broad SMARTS) is 1. The molecule has 0 atom stereocenters. The number of amides is 1. The average molecular weight is 384 g/mol. The van der Waals surface area contributed by atoms with Crippen LogP contribution in [0.15, 0.2) is 0 Å². The predicted molar refractivity (Wildman–Crippen MR) is 114 cm³/mol. The van der Waals surface area contributed by atoms with E-state index < -0.39 is 5.97 Å². The molecule has 0 aromatic heterocycles. The predicted octanol–water partition coefficient (Wildman–Crippen LogP) is 6.57. The molecule has 0 aliphatic carbocycles. The third-order valence-electron chi connectivity index (χ3n) is 5.30. The molecule has 0 spiro atoms. The molecule has 160 valence electrons. The van der Waals surface area contributed by atoms with E-state index in [1.54, 1.807) is 4.90 Å². The molecule has 0 radical (unpaired) electrons. The summed E-state index contributed by atoms with van der Waals surface area (Å²) < 4.78 is 0. The van der Waals surface area contributed by atoms with Gasteiger partial charge in [0, 0.05) is 26.4 Å². The van der Waals surface area contributed by atoms with Gasteiger partial charge in [0.15, 0.2) is 0 Å². The number of aliphatic carboxylic acids is 1. The molecule has 1 fully saturated rings.